The Morgan fingerprint density at radius 1 is 0.889 bits per heavy atom. The van der Waals surface area contributed by atoms with Crippen molar-refractivity contribution in [1.82, 2.24) is 19.4 Å². The van der Waals surface area contributed by atoms with E-state index < -0.39 is 9.39 Å². The van der Waals surface area contributed by atoms with Crippen molar-refractivity contribution in [2.24, 2.45) is 0 Å². The van der Waals surface area contributed by atoms with Crippen molar-refractivity contribution in [1.29, 1.82) is 0 Å². The predicted octanol–water partition coefficient (Wildman–Crippen LogP) is 7.05. The summed E-state index contributed by atoms with van der Waals surface area (Å²) in [5.74, 6) is 9.62. The third-order valence-electron chi connectivity index (χ3n) is 7.68. The number of hydrogen-bond donors (Lipinski definition) is 1. The molecule has 0 bridgehead atoms. The summed E-state index contributed by atoms with van der Waals surface area (Å²) in [5.41, 5.74) is 2.20. The SMILES string of the molecule is C=S(=C)(N[C@H]1CCCN(CC(=O)N(CCC)CCN2CCCC2)C1=O)c1ccc(-c2ccc(OC)cc2)cc1.CCC.CCC. The quantitative estimate of drug-likeness (QED) is 0.252. The molecule has 2 amide bonds. The fourth-order valence-corrected chi connectivity index (χ4v) is 6.96. The molecule has 252 valence electrons. The molecule has 2 aliphatic rings. The minimum atomic E-state index is -1.92. The second kappa shape index (κ2) is 20.3. The third kappa shape index (κ3) is 12.5. The lowest BCUT2D eigenvalue weighted by Gasteiger charge is -2.35. The number of hydrogen-bond acceptors (Lipinski definition) is 5. The molecule has 7 nitrogen and oxygen atoms in total. The number of nitrogens with zero attached hydrogens (tertiary/aromatic N) is 3. The van der Waals surface area contributed by atoms with Crippen LogP contribution >= 0.6 is 9.39 Å². The maximum absolute atomic E-state index is 13.4. The van der Waals surface area contributed by atoms with E-state index in [9.17, 15) is 9.59 Å². The minimum Gasteiger partial charge on any atom is -0.497 e. The van der Waals surface area contributed by atoms with Crippen LogP contribution in [-0.2, 0) is 9.59 Å². The van der Waals surface area contributed by atoms with E-state index in [0.717, 1.165) is 73.8 Å². The number of nitrogens with one attached hydrogen (secondary N) is 1. The number of rotatable bonds is 12. The number of benzene rings is 2. The molecule has 0 unspecified atom stereocenters. The van der Waals surface area contributed by atoms with Crippen LogP contribution in [0, 0.1) is 0 Å². The van der Waals surface area contributed by atoms with Gasteiger partial charge in [-0.2, -0.15) is 0 Å². The number of piperidine rings is 1. The summed E-state index contributed by atoms with van der Waals surface area (Å²) in [6, 6.07) is 15.8. The highest BCUT2D eigenvalue weighted by molar-refractivity contribution is 8.26. The van der Waals surface area contributed by atoms with Gasteiger partial charge in [0.25, 0.3) is 0 Å². The van der Waals surface area contributed by atoms with Crippen LogP contribution in [0.4, 0.5) is 0 Å². The molecule has 0 saturated carbocycles. The van der Waals surface area contributed by atoms with Crippen molar-refractivity contribution in [3.05, 3.63) is 48.5 Å². The van der Waals surface area contributed by atoms with E-state index in [2.05, 4.69) is 68.1 Å². The Kier molecular flexibility index (Phi) is 17.3. The molecule has 45 heavy (non-hydrogen) atoms. The highest BCUT2D eigenvalue weighted by Gasteiger charge is 2.31. The van der Waals surface area contributed by atoms with Gasteiger partial charge in [0.15, 0.2) is 0 Å². The van der Waals surface area contributed by atoms with E-state index in [1.165, 1.54) is 25.7 Å². The molecule has 2 aromatic carbocycles. The first-order valence-electron chi connectivity index (χ1n) is 16.9. The van der Waals surface area contributed by atoms with Gasteiger partial charge in [0.1, 0.15) is 5.75 Å². The second-order valence-corrected chi connectivity index (χ2v) is 14.5. The molecule has 2 aromatic rings. The summed E-state index contributed by atoms with van der Waals surface area (Å²) in [6.45, 7) is 16.0. The molecule has 2 fully saturated rings. The van der Waals surface area contributed by atoms with Gasteiger partial charge in [-0.05, 0) is 80.6 Å². The zero-order chi connectivity index (χ0) is 33.2. The second-order valence-electron chi connectivity index (χ2n) is 12.1. The Morgan fingerprint density at radius 2 is 1.44 bits per heavy atom. The number of methoxy groups -OCH3 is 1. The standard InChI is InChI=1S/C31H44N4O3S.2C3H8/c1-5-18-34(23-22-33-19-6-7-20-33)30(36)24-35-21-8-9-29(31(35)37)32-39(3,4)28-16-12-26(13-17-28)25-10-14-27(38-2)15-11-25;2*1-3-2/h10-17,29,32H,3-9,18-24H2,1-2H3;2*3H2,1-2H3/t29-;;/m0../s1. The Hall–Kier alpha value is -2.81. The van der Waals surface area contributed by atoms with Gasteiger partial charge >= 0.3 is 0 Å². The van der Waals surface area contributed by atoms with Crippen LogP contribution in [-0.4, -0.2) is 97.2 Å². The van der Waals surface area contributed by atoms with Gasteiger partial charge in [-0.1, -0.05) is 83.5 Å². The molecule has 1 atom stereocenters. The lowest BCUT2D eigenvalue weighted by atomic mass is 10.1. The molecule has 1 N–H and O–H groups in total. The highest BCUT2D eigenvalue weighted by atomic mass is 32.2. The summed E-state index contributed by atoms with van der Waals surface area (Å²) in [5, 5.41) is 0. The minimum absolute atomic E-state index is 0.0235. The van der Waals surface area contributed by atoms with E-state index >= 15 is 0 Å². The first kappa shape index (κ1) is 38.4. The molecule has 4 rings (SSSR count). The van der Waals surface area contributed by atoms with E-state index in [1.54, 1.807) is 12.0 Å². The third-order valence-corrected chi connectivity index (χ3v) is 9.59. The summed E-state index contributed by atoms with van der Waals surface area (Å²) in [4.78, 5) is 33.7. The van der Waals surface area contributed by atoms with E-state index in [1.807, 2.05) is 41.3 Å². The predicted molar refractivity (Wildman–Crippen MR) is 196 cm³/mol. The number of carbonyl (C=O) groups is 2. The van der Waals surface area contributed by atoms with Crippen LogP contribution in [0.1, 0.15) is 79.6 Å². The summed E-state index contributed by atoms with van der Waals surface area (Å²) in [6.07, 6.45) is 7.47. The van der Waals surface area contributed by atoms with Gasteiger partial charge in [0.2, 0.25) is 11.8 Å². The average Bonchev–Trinajstić information content (AvgIpc) is 3.56. The average molecular weight is 641 g/mol. The molecule has 2 aliphatic heterocycles. The zero-order valence-corrected chi connectivity index (χ0v) is 29.8. The van der Waals surface area contributed by atoms with Crippen molar-refractivity contribution in [3.8, 4) is 16.9 Å². The van der Waals surface area contributed by atoms with Crippen LogP contribution in [0.25, 0.3) is 11.1 Å². The normalized spacial score (nSPS) is 16.7. The van der Waals surface area contributed by atoms with Gasteiger partial charge in [-0.15, -0.1) is 9.39 Å². The Bertz CT molecular complexity index is 1240. The number of amides is 2. The fraction of sp³-hybridized carbons (Fsp3) is 0.568. The lowest BCUT2D eigenvalue weighted by Crippen LogP contribution is -2.53. The molecule has 2 saturated heterocycles. The summed E-state index contributed by atoms with van der Waals surface area (Å²) < 4.78 is 8.73. The molecular weight excluding hydrogens is 580 g/mol. The zero-order valence-electron chi connectivity index (χ0n) is 29.0. The monoisotopic (exact) mass is 640 g/mol. The van der Waals surface area contributed by atoms with Crippen molar-refractivity contribution < 1.29 is 14.3 Å². The van der Waals surface area contributed by atoms with Gasteiger partial charge in [-0.3, -0.25) is 14.3 Å². The first-order valence-corrected chi connectivity index (χ1v) is 18.9. The fourth-order valence-electron chi connectivity index (χ4n) is 5.40. The van der Waals surface area contributed by atoms with E-state index in [-0.39, 0.29) is 24.4 Å². The van der Waals surface area contributed by atoms with Gasteiger partial charge in [0.05, 0.1) is 19.7 Å². The maximum Gasteiger partial charge on any atom is 0.242 e. The van der Waals surface area contributed by atoms with Crippen LogP contribution in [0.2, 0.25) is 0 Å². The number of ether oxygens (including phenoxy) is 1. The van der Waals surface area contributed by atoms with Gasteiger partial charge in [-0.25, -0.2) is 0 Å². The summed E-state index contributed by atoms with van der Waals surface area (Å²) >= 11 is 0. The smallest absolute Gasteiger partial charge is 0.242 e. The van der Waals surface area contributed by atoms with Crippen molar-refractivity contribution >= 4 is 32.9 Å². The van der Waals surface area contributed by atoms with Crippen LogP contribution in [0.3, 0.4) is 0 Å². The largest absolute Gasteiger partial charge is 0.497 e. The molecule has 0 radical (unpaired) electrons. The first-order chi connectivity index (χ1) is 21.6. The molecule has 0 aliphatic carbocycles. The molecule has 2 heterocycles. The topological polar surface area (TPSA) is 65.1 Å². The van der Waals surface area contributed by atoms with Crippen molar-refractivity contribution in [2.45, 2.75) is 90.5 Å². The number of likely N-dealkylation sites (tertiary alicyclic amines) is 2. The van der Waals surface area contributed by atoms with Crippen LogP contribution < -0.4 is 9.46 Å². The Labute approximate surface area is 274 Å². The van der Waals surface area contributed by atoms with Crippen LogP contribution in [0.5, 0.6) is 5.75 Å². The molecule has 8 heteroatoms. The Morgan fingerprint density at radius 3 is 1.98 bits per heavy atom. The molecule has 0 aromatic heterocycles. The molecular formula is C37H60N4O3S. The lowest BCUT2D eigenvalue weighted by molar-refractivity contribution is -0.143. The van der Waals surface area contributed by atoms with Crippen LogP contribution in [0.15, 0.2) is 53.4 Å². The molecule has 0 spiro atoms. The highest BCUT2D eigenvalue weighted by Crippen LogP contribution is 2.32. The van der Waals surface area contributed by atoms with E-state index in [0.29, 0.717) is 6.54 Å². The number of carbonyl (C=O) groups excluding carboxylic acids is 2. The maximum atomic E-state index is 13.4. The Balaban J connectivity index is 0.00000109. The van der Waals surface area contributed by atoms with Crippen molar-refractivity contribution in [2.75, 3.05) is 52.9 Å². The van der Waals surface area contributed by atoms with Gasteiger partial charge in [0, 0.05) is 31.1 Å². The van der Waals surface area contributed by atoms with Gasteiger partial charge < -0.3 is 19.4 Å². The summed E-state index contributed by atoms with van der Waals surface area (Å²) in [7, 11) is -0.256. The van der Waals surface area contributed by atoms with Crippen molar-refractivity contribution in [3.63, 3.8) is 0 Å². The van der Waals surface area contributed by atoms with E-state index in [4.69, 9.17) is 4.74 Å².